The number of hydrogen-bond donors (Lipinski definition) is 0. The number of ether oxygens (including phenoxy) is 1. The zero-order valence-electron chi connectivity index (χ0n) is 7.92. The largest absolute Gasteiger partial charge is 0.504 e. The highest BCUT2D eigenvalue weighted by molar-refractivity contribution is 6.15. The summed E-state index contributed by atoms with van der Waals surface area (Å²) >= 11 is 0. The van der Waals surface area contributed by atoms with Crippen molar-refractivity contribution in [2.24, 2.45) is 5.92 Å². The summed E-state index contributed by atoms with van der Waals surface area (Å²) in [5, 5.41) is 0. The molecule has 0 aromatic rings. The molecule has 0 N–H and O–H groups in total. The van der Waals surface area contributed by atoms with Crippen molar-refractivity contribution in [3.05, 3.63) is 11.8 Å². The van der Waals surface area contributed by atoms with E-state index >= 15 is 0 Å². The maximum absolute atomic E-state index is 5.68. The zero-order valence-corrected chi connectivity index (χ0v) is 7.92. The highest BCUT2D eigenvalue weighted by Gasteiger charge is 2.26. The molecule has 1 rings (SSSR count). The van der Waals surface area contributed by atoms with Crippen LogP contribution in [0.2, 0.25) is 5.82 Å². The van der Waals surface area contributed by atoms with Gasteiger partial charge < -0.3 is 4.74 Å². The Morgan fingerprint density at radius 2 is 2.18 bits per heavy atom. The van der Waals surface area contributed by atoms with Gasteiger partial charge in [0.05, 0.1) is 11.8 Å². The van der Waals surface area contributed by atoms with Gasteiger partial charge in [0.25, 0.3) is 0 Å². The van der Waals surface area contributed by atoms with Crippen molar-refractivity contribution in [3.63, 3.8) is 0 Å². The van der Waals surface area contributed by atoms with Crippen LogP contribution in [0.3, 0.4) is 0 Å². The normalized spacial score (nSPS) is 42.0. The molecule has 11 heavy (non-hydrogen) atoms. The monoisotopic (exact) mass is 150 g/mol. The Bertz CT molecular complexity index is 153. The lowest BCUT2D eigenvalue weighted by Gasteiger charge is -2.34. The summed E-state index contributed by atoms with van der Waals surface area (Å²) in [5.41, 5.74) is 0. The molecule has 1 saturated heterocycles. The van der Waals surface area contributed by atoms with Gasteiger partial charge in [-0.25, -0.2) is 0 Å². The maximum atomic E-state index is 5.68. The molecule has 1 aliphatic rings. The van der Waals surface area contributed by atoms with Crippen LogP contribution < -0.4 is 0 Å². The van der Waals surface area contributed by atoms with E-state index in [4.69, 9.17) is 4.74 Å². The van der Waals surface area contributed by atoms with Gasteiger partial charge in [-0.2, -0.15) is 0 Å². The SMILES string of the molecule is B[C@H]1C/C(=C\C)O[C@H](B)[C@@H]1C. The third-order valence-corrected chi connectivity index (χ3v) is 2.82. The number of allylic oxidation sites excluding steroid dienone is 2. The van der Waals surface area contributed by atoms with Crippen molar-refractivity contribution in [2.75, 3.05) is 0 Å². The molecule has 0 unspecified atom stereocenters. The summed E-state index contributed by atoms with van der Waals surface area (Å²) in [4.78, 5) is 0. The van der Waals surface area contributed by atoms with Gasteiger partial charge in [-0.05, 0) is 18.9 Å². The molecular formula is C8H16B2O. The number of hydrogen-bond acceptors (Lipinski definition) is 1. The fraction of sp³-hybridized carbons (Fsp3) is 0.750. The Morgan fingerprint density at radius 1 is 1.55 bits per heavy atom. The minimum Gasteiger partial charge on any atom is -0.504 e. The Kier molecular flexibility index (Phi) is 2.69. The first-order valence-electron chi connectivity index (χ1n) is 4.47. The van der Waals surface area contributed by atoms with Gasteiger partial charge in [0.15, 0.2) is 7.85 Å². The van der Waals surface area contributed by atoms with Gasteiger partial charge in [-0.15, -0.1) is 0 Å². The van der Waals surface area contributed by atoms with Gasteiger partial charge in [-0.1, -0.05) is 12.7 Å². The fourth-order valence-electron chi connectivity index (χ4n) is 1.55. The quantitative estimate of drug-likeness (QED) is 0.452. The predicted molar refractivity (Wildman–Crippen MR) is 53.2 cm³/mol. The van der Waals surface area contributed by atoms with Crippen molar-refractivity contribution in [2.45, 2.75) is 32.1 Å². The van der Waals surface area contributed by atoms with E-state index in [1.54, 1.807) is 0 Å². The molecule has 0 aliphatic carbocycles. The van der Waals surface area contributed by atoms with E-state index in [1.165, 1.54) is 5.76 Å². The first kappa shape index (κ1) is 8.76. The van der Waals surface area contributed by atoms with Crippen LogP contribution in [-0.2, 0) is 4.74 Å². The lowest BCUT2D eigenvalue weighted by molar-refractivity contribution is 0.0900. The molecule has 1 heterocycles. The van der Waals surface area contributed by atoms with Crippen LogP contribution in [0.5, 0.6) is 0 Å². The molecule has 0 spiro atoms. The Hall–Kier alpha value is -0.330. The van der Waals surface area contributed by atoms with Crippen molar-refractivity contribution in [1.29, 1.82) is 0 Å². The average molecular weight is 150 g/mol. The van der Waals surface area contributed by atoms with Crippen LogP contribution in [0.25, 0.3) is 0 Å². The molecular weight excluding hydrogens is 134 g/mol. The van der Waals surface area contributed by atoms with Crippen molar-refractivity contribution >= 4 is 15.7 Å². The average Bonchev–Trinajstić information content (AvgIpc) is 1.99. The van der Waals surface area contributed by atoms with Crippen LogP contribution in [0, 0.1) is 5.92 Å². The first-order chi connectivity index (χ1) is 5.15. The van der Waals surface area contributed by atoms with E-state index < -0.39 is 0 Å². The fourth-order valence-corrected chi connectivity index (χ4v) is 1.55. The van der Waals surface area contributed by atoms with Crippen LogP contribution in [0.1, 0.15) is 20.3 Å². The van der Waals surface area contributed by atoms with Gasteiger partial charge in [0.1, 0.15) is 7.85 Å². The molecule has 0 amide bonds. The van der Waals surface area contributed by atoms with Crippen LogP contribution in [0.15, 0.2) is 11.8 Å². The Morgan fingerprint density at radius 3 is 2.64 bits per heavy atom. The van der Waals surface area contributed by atoms with Gasteiger partial charge in [-0.3, -0.25) is 0 Å². The van der Waals surface area contributed by atoms with Crippen molar-refractivity contribution < 1.29 is 4.74 Å². The second-order valence-electron chi connectivity index (χ2n) is 3.62. The summed E-state index contributed by atoms with van der Waals surface area (Å²) in [6, 6.07) is 0.393. The van der Waals surface area contributed by atoms with E-state index in [9.17, 15) is 0 Å². The highest BCUT2D eigenvalue weighted by atomic mass is 16.5. The molecule has 0 saturated carbocycles. The molecule has 3 heteroatoms. The summed E-state index contributed by atoms with van der Waals surface area (Å²) in [5.74, 6) is 2.63. The summed E-state index contributed by atoms with van der Waals surface area (Å²) in [6.07, 6.45) is 3.20. The number of rotatable bonds is 0. The third kappa shape index (κ3) is 1.82. The van der Waals surface area contributed by atoms with Crippen LogP contribution in [0.4, 0.5) is 0 Å². The highest BCUT2D eigenvalue weighted by Crippen LogP contribution is 2.33. The molecule has 60 valence electrons. The minimum atomic E-state index is 0.393. The third-order valence-electron chi connectivity index (χ3n) is 2.82. The smallest absolute Gasteiger partial charge is 0.154 e. The molecule has 0 aromatic carbocycles. The Balaban J connectivity index is 2.62. The van der Waals surface area contributed by atoms with E-state index in [1.807, 2.05) is 6.92 Å². The van der Waals surface area contributed by atoms with E-state index in [0.29, 0.717) is 11.9 Å². The summed E-state index contributed by atoms with van der Waals surface area (Å²) < 4.78 is 5.68. The molecule has 3 atom stereocenters. The topological polar surface area (TPSA) is 9.23 Å². The zero-order chi connectivity index (χ0) is 8.43. The van der Waals surface area contributed by atoms with E-state index in [2.05, 4.69) is 28.7 Å². The standard InChI is InChI=1S/C8H16B2O/c1-3-6-4-7(9)5(2)8(10)11-6/h3,5,7-8H,4,9-10H2,1-2H3/b6-3+/t5-,7+,8+/m1/s1. The first-order valence-corrected chi connectivity index (χ1v) is 4.47. The van der Waals surface area contributed by atoms with Crippen molar-refractivity contribution in [1.82, 2.24) is 0 Å². The van der Waals surface area contributed by atoms with Crippen molar-refractivity contribution in [3.8, 4) is 0 Å². The van der Waals surface area contributed by atoms with E-state index in [0.717, 1.165) is 12.2 Å². The second kappa shape index (κ2) is 3.38. The van der Waals surface area contributed by atoms with Crippen LogP contribution in [-0.4, -0.2) is 21.7 Å². The summed E-state index contributed by atoms with van der Waals surface area (Å²) in [7, 11) is 4.46. The molecule has 1 nitrogen and oxygen atoms in total. The predicted octanol–water partition coefficient (Wildman–Crippen LogP) is 0.327. The molecule has 1 aliphatic heterocycles. The lowest BCUT2D eigenvalue weighted by atomic mass is 9.66. The minimum absolute atomic E-state index is 0.393. The molecule has 0 bridgehead atoms. The summed E-state index contributed by atoms with van der Waals surface area (Å²) in [6.45, 7) is 4.31. The van der Waals surface area contributed by atoms with E-state index in [-0.39, 0.29) is 0 Å². The molecule has 0 aromatic heterocycles. The Labute approximate surface area is 71.0 Å². The van der Waals surface area contributed by atoms with Gasteiger partial charge >= 0.3 is 0 Å². The van der Waals surface area contributed by atoms with Crippen LogP contribution >= 0.6 is 0 Å². The maximum Gasteiger partial charge on any atom is 0.154 e. The van der Waals surface area contributed by atoms with Gasteiger partial charge in [0, 0.05) is 6.42 Å². The second-order valence-corrected chi connectivity index (χ2v) is 3.62. The van der Waals surface area contributed by atoms with Gasteiger partial charge in [0.2, 0.25) is 0 Å². The lowest BCUT2D eigenvalue weighted by Crippen LogP contribution is -2.31. The molecule has 1 fully saturated rings. The molecule has 0 radical (unpaired) electrons.